The molecule has 1 fully saturated rings. The van der Waals surface area contributed by atoms with E-state index in [0.29, 0.717) is 16.7 Å². The van der Waals surface area contributed by atoms with Gasteiger partial charge in [-0.05, 0) is 40.9 Å². The molecule has 2 rings (SSSR count). The highest BCUT2D eigenvalue weighted by molar-refractivity contribution is 9.10. The standard InChI is InChI=1S/C13H17BrN2O3S/c1-20(18,19)16(12-5-3-2-4-11(12)14)9-8-15-13(17)10-6-7-10/h2-5,10H,6-9H2,1H3,(H,15,17). The fraction of sp³-hybridized carbons (Fsp3) is 0.462. The number of halogens is 1. The molecule has 7 heteroatoms. The quantitative estimate of drug-likeness (QED) is 0.840. The molecule has 1 aromatic carbocycles. The maximum absolute atomic E-state index is 11.9. The van der Waals surface area contributed by atoms with E-state index < -0.39 is 10.0 Å². The lowest BCUT2D eigenvalue weighted by Gasteiger charge is -2.23. The molecule has 0 aliphatic heterocycles. The van der Waals surface area contributed by atoms with Crippen LogP contribution in [0.25, 0.3) is 0 Å². The lowest BCUT2D eigenvalue weighted by molar-refractivity contribution is -0.122. The lowest BCUT2D eigenvalue weighted by atomic mass is 10.3. The highest BCUT2D eigenvalue weighted by Crippen LogP contribution is 2.29. The van der Waals surface area contributed by atoms with Crippen LogP contribution in [0, 0.1) is 5.92 Å². The maximum Gasteiger partial charge on any atom is 0.232 e. The second-order valence-corrected chi connectivity index (χ2v) is 7.61. The Balaban J connectivity index is 2.05. The second kappa shape index (κ2) is 6.13. The Morgan fingerprint density at radius 2 is 2.05 bits per heavy atom. The highest BCUT2D eigenvalue weighted by atomic mass is 79.9. The molecule has 0 spiro atoms. The van der Waals surface area contributed by atoms with E-state index in [1.807, 2.05) is 6.07 Å². The summed E-state index contributed by atoms with van der Waals surface area (Å²) in [5.74, 6) is 0.149. The molecule has 0 atom stereocenters. The van der Waals surface area contributed by atoms with Gasteiger partial charge in [0, 0.05) is 16.9 Å². The molecule has 1 aliphatic carbocycles. The number of para-hydroxylation sites is 1. The van der Waals surface area contributed by atoms with Crippen LogP contribution in [-0.2, 0) is 14.8 Å². The number of benzene rings is 1. The molecule has 0 radical (unpaired) electrons. The van der Waals surface area contributed by atoms with Crippen LogP contribution in [0.15, 0.2) is 28.7 Å². The second-order valence-electron chi connectivity index (χ2n) is 4.85. The van der Waals surface area contributed by atoms with E-state index in [1.54, 1.807) is 18.2 Å². The molecule has 20 heavy (non-hydrogen) atoms. The summed E-state index contributed by atoms with van der Waals surface area (Å²) in [5, 5.41) is 2.78. The Labute approximate surface area is 127 Å². The zero-order valence-corrected chi connectivity index (χ0v) is 13.6. The number of rotatable bonds is 6. The molecule has 0 bridgehead atoms. The Morgan fingerprint density at radius 1 is 1.40 bits per heavy atom. The van der Waals surface area contributed by atoms with Crippen LogP contribution in [0.2, 0.25) is 0 Å². The summed E-state index contributed by atoms with van der Waals surface area (Å²) in [6.45, 7) is 0.531. The van der Waals surface area contributed by atoms with Gasteiger partial charge < -0.3 is 5.32 Å². The first kappa shape index (κ1) is 15.3. The molecule has 1 aliphatic rings. The van der Waals surface area contributed by atoms with Gasteiger partial charge in [0.1, 0.15) is 0 Å². The largest absolute Gasteiger partial charge is 0.354 e. The van der Waals surface area contributed by atoms with Crippen molar-refractivity contribution in [3.63, 3.8) is 0 Å². The predicted molar refractivity (Wildman–Crippen MR) is 82.1 cm³/mol. The monoisotopic (exact) mass is 360 g/mol. The van der Waals surface area contributed by atoms with Crippen molar-refractivity contribution < 1.29 is 13.2 Å². The Bertz CT molecular complexity index is 599. The third-order valence-electron chi connectivity index (χ3n) is 3.08. The van der Waals surface area contributed by atoms with Crippen LogP contribution in [0.4, 0.5) is 5.69 Å². The first-order chi connectivity index (χ1) is 9.39. The van der Waals surface area contributed by atoms with Crippen LogP contribution in [0.5, 0.6) is 0 Å². The third-order valence-corrected chi connectivity index (χ3v) is 4.93. The highest BCUT2D eigenvalue weighted by Gasteiger charge is 2.29. The van der Waals surface area contributed by atoms with Gasteiger partial charge in [-0.15, -0.1) is 0 Å². The molecule has 1 saturated carbocycles. The average molecular weight is 361 g/mol. The van der Waals surface area contributed by atoms with Crippen molar-refractivity contribution in [1.82, 2.24) is 5.32 Å². The van der Waals surface area contributed by atoms with Crippen molar-refractivity contribution in [3.05, 3.63) is 28.7 Å². The smallest absolute Gasteiger partial charge is 0.232 e. The number of nitrogens with one attached hydrogen (secondary N) is 1. The Morgan fingerprint density at radius 3 is 2.60 bits per heavy atom. The summed E-state index contributed by atoms with van der Waals surface area (Å²) in [6, 6.07) is 7.12. The molecule has 1 N–H and O–H groups in total. The number of anilines is 1. The maximum atomic E-state index is 11.9. The number of carbonyl (C=O) groups excluding carboxylic acids is 1. The van der Waals surface area contributed by atoms with Crippen molar-refractivity contribution in [1.29, 1.82) is 0 Å². The van der Waals surface area contributed by atoms with E-state index >= 15 is 0 Å². The first-order valence-corrected chi connectivity index (χ1v) is 9.03. The van der Waals surface area contributed by atoms with Gasteiger partial charge in [-0.25, -0.2) is 8.42 Å². The molecule has 0 heterocycles. The Kier molecular flexibility index (Phi) is 4.70. The number of hydrogen-bond acceptors (Lipinski definition) is 3. The predicted octanol–water partition coefficient (Wildman–Crippen LogP) is 1.74. The SMILES string of the molecule is CS(=O)(=O)N(CCNC(=O)C1CC1)c1ccccc1Br. The van der Waals surface area contributed by atoms with Gasteiger partial charge in [-0.3, -0.25) is 9.10 Å². The molecule has 0 aromatic heterocycles. The van der Waals surface area contributed by atoms with Crippen LogP contribution in [0.1, 0.15) is 12.8 Å². The zero-order valence-electron chi connectivity index (χ0n) is 11.2. The molecule has 1 amide bonds. The summed E-state index contributed by atoms with van der Waals surface area (Å²) < 4.78 is 25.8. The minimum absolute atomic E-state index is 0.0191. The molecule has 5 nitrogen and oxygen atoms in total. The van der Waals surface area contributed by atoms with E-state index in [0.717, 1.165) is 19.1 Å². The fourth-order valence-electron chi connectivity index (χ4n) is 1.89. The molecule has 1 aromatic rings. The first-order valence-electron chi connectivity index (χ1n) is 6.39. The van der Waals surface area contributed by atoms with Gasteiger partial charge >= 0.3 is 0 Å². The number of nitrogens with zero attached hydrogens (tertiary/aromatic N) is 1. The van der Waals surface area contributed by atoms with E-state index in [1.165, 1.54) is 4.31 Å². The third kappa shape index (κ3) is 3.96. The van der Waals surface area contributed by atoms with Crippen molar-refractivity contribution in [2.75, 3.05) is 23.7 Å². The van der Waals surface area contributed by atoms with Crippen LogP contribution < -0.4 is 9.62 Å². The van der Waals surface area contributed by atoms with Crippen LogP contribution in [-0.4, -0.2) is 33.7 Å². The molecule has 0 saturated heterocycles. The van der Waals surface area contributed by atoms with Crippen molar-refractivity contribution in [3.8, 4) is 0 Å². The van der Waals surface area contributed by atoms with Crippen molar-refractivity contribution in [2.24, 2.45) is 5.92 Å². The number of carbonyl (C=O) groups is 1. The molecule has 0 unspecified atom stereocenters. The number of hydrogen-bond donors (Lipinski definition) is 1. The molecular formula is C13H17BrN2O3S. The van der Waals surface area contributed by atoms with Crippen molar-refractivity contribution in [2.45, 2.75) is 12.8 Å². The van der Waals surface area contributed by atoms with Gasteiger partial charge in [0.05, 0.1) is 18.5 Å². The Hall–Kier alpha value is -1.08. The van der Waals surface area contributed by atoms with Gasteiger partial charge in [-0.2, -0.15) is 0 Å². The van der Waals surface area contributed by atoms with Gasteiger partial charge in [0.2, 0.25) is 15.9 Å². The lowest BCUT2D eigenvalue weighted by Crippen LogP contribution is -2.38. The zero-order chi connectivity index (χ0) is 14.8. The average Bonchev–Trinajstić information content (AvgIpc) is 3.18. The molecule has 110 valence electrons. The summed E-state index contributed by atoms with van der Waals surface area (Å²) >= 11 is 3.35. The topological polar surface area (TPSA) is 66.5 Å². The van der Waals surface area contributed by atoms with E-state index in [2.05, 4.69) is 21.2 Å². The van der Waals surface area contributed by atoms with Gasteiger partial charge in [-0.1, -0.05) is 12.1 Å². The number of amides is 1. The fourth-order valence-corrected chi connectivity index (χ4v) is 3.45. The van der Waals surface area contributed by atoms with Gasteiger partial charge in [0.25, 0.3) is 0 Å². The van der Waals surface area contributed by atoms with Crippen molar-refractivity contribution >= 4 is 37.5 Å². The number of sulfonamides is 1. The van der Waals surface area contributed by atoms with Crippen LogP contribution >= 0.6 is 15.9 Å². The minimum Gasteiger partial charge on any atom is -0.354 e. The summed E-state index contributed by atoms with van der Waals surface area (Å²) in [5.41, 5.74) is 0.579. The van der Waals surface area contributed by atoms with E-state index in [-0.39, 0.29) is 18.4 Å². The van der Waals surface area contributed by atoms with E-state index in [9.17, 15) is 13.2 Å². The summed E-state index contributed by atoms with van der Waals surface area (Å²) in [6.07, 6.45) is 3.03. The van der Waals surface area contributed by atoms with E-state index in [4.69, 9.17) is 0 Å². The molecular weight excluding hydrogens is 344 g/mol. The summed E-state index contributed by atoms with van der Waals surface area (Å²) in [7, 11) is -3.39. The normalized spacial score (nSPS) is 14.9. The van der Waals surface area contributed by atoms with Gasteiger partial charge in [0.15, 0.2) is 0 Å². The van der Waals surface area contributed by atoms with Crippen LogP contribution in [0.3, 0.4) is 0 Å². The summed E-state index contributed by atoms with van der Waals surface area (Å²) in [4.78, 5) is 11.6. The minimum atomic E-state index is -3.39.